The first-order chi connectivity index (χ1) is 8.93. The smallest absolute Gasteiger partial charge is 0.257 e. The number of hydrogen-bond donors (Lipinski definition) is 2. The van der Waals surface area contributed by atoms with Gasteiger partial charge in [-0.2, -0.15) is 5.10 Å². The van der Waals surface area contributed by atoms with E-state index in [1.165, 1.54) is 29.8 Å². The predicted molar refractivity (Wildman–Crippen MR) is 73.0 cm³/mol. The van der Waals surface area contributed by atoms with Gasteiger partial charge in [0.2, 0.25) is 0 Å². The molecule has 0 radical (unpaired) electrons. The van der Waals surface area contributed by atoms with E-state index in [0.717, 1.165) is 25.7 Å². The molecule has 1 aliphatic carbocycles. The maximum absolute atomic E-state index is 12.2. The number of nitrogens with zero attached hydrogens (tertiary/aromatic N) is 2. The largest absolute Gasteiger partial charge is 0.324 e. The number of hydrogen-bond acceptors (Lipinski definition) is 4. The molecule has 0 aromatic carbocycles. The highest BCUT2D eigenvalue weighted by atomic mass is 32.2. The average molecular weight is 286 g/mol. The second kappa shape index (κ2) is 5.60. The van der Waals surface area contributed by atoms with Crippen molar-refractivity contribution < 1.29 is 8.42 Å². The summed E-state index contributed by atoms with van der Waals surface area (Å²) in [5, 5.41) is 4.05. The molecule has 3 N–H and O–H groups in total. The van der Waals surface area contributed by atoms with Crippen molar-refractivity contribution in [3.8, 4) is 0 Å². The Labute approximate surface area is 114 Å². The zero-order valence-corrected chi connectivity index (χ0v) is 12.1. The van der Waals surface area contributed by atoms with Crippen LogP contribution in [-0.4, -0.2) is 30.3 Å². The Kier molecular flexibility index (Phi) is 4.27. The summed E-state index contributed by atoms with van der Waals surface area (Å²) in [4.78, 5) is 0. The zero-order chi connectivity index (χ0) is 13.9. The molecule has 1 aliphatic rings. The maximum Gasteiger partial charge on any atom is 0.257 e. The number of aromatic nitrogens is 2. The number of nitrogens with one attached hydrogen (secondary N) is 1. The minimum absolute atomic E-state index is 0.171. The van der Waals surface area contributed by atoms with Crippen LogP contribution >= 0.6 is 0 Å². The Morgan fingerprint density at radius 3 is 2.53 bits per heavy atom. The summed E-state index contributed by atoms with van der Waals surface area (Å²) in [5.74, 6) is 0. The molecule has 1 saturated carbocycles. The van der Waals surface area contributed by atoms with Gasteiger partial charge in [-0.3, -0.25) is 4.68 Å². The van der Waals surface area contributed by atoms with Crippen LogP contribution in [0.2, 0.25) is 0 Å². The Bertz CT molecular complexity index is 516. The maximum atomic E-state index is 12.2. The van der Waals surface area contributed by atoms with E-state index >= 15 is 0 Å². The standard InChI is InChI=1S/C12H22N4O2S/c1-16-11(6-9-14-16)19(17,18)15-10-12(13)7-4-2-3-5-8-12/h6,9,15H,2-5,7-8,10,13H2,1H3. The van der Waals surface area contributed by atoms with Crippen molar-refractivity contribution in [2.45, 2.75) is 49.1 Å². The highest BCUT2D eigenvalue weighted by Crippen LogP contribution is 2.24. The van der Waals surface area contributed by atoms with Crippen LogP contribution in [0.15, 0.2) is 17.3 Å². The second-order valence-electron chi connectivity index (χ2n) is 5.39. The first-order valence-corrected chi connectivity index (χ1v) is 8.18. The van der Waals surface area contributed by atoms with E-state index in [1.807, 2.05) is 0 Å². The molecule has 7 heteroatoms. The lowest BCUT2D eigenvalue weighted by molar-refractivity contribution is 0.368. The first kappa shape index (κ1) is 14.5. The number of aryl methyl sites for hydroxylation is 1. The highest BCUT2D eigenvalue weighted by Gasteiger charge is 2.29. The molecule has 0 spiro atoms. The molecule has 108 valence electrons. The molecule has 19 heavy (non-hydrogen) atoms. The first-order valence-electron chi connectivity index (χ1n) is 6.70. The normalized spacial score (nSPS) is 20.1. The van der Waals surface area contributed by atoms with Crippen LogP contribution in [-0.2, 0) is 17.1 Å². The predicted octanol–water partition coefficient (Wildman–Crippen LogP) is 0.750. The van der Waals surface area contributed by atoms with E-state index in [1.54, 1.807) is 7.05 Å². The van der Waals surface area contributed by atoms with E-state index in [2.05, 4.69) is 9.82 Å². The summed E-state index contributed by atoms with van der Waals surface area (Å²) in [6.07, 6.45) is 7.75. The van der Waals surface area contributed by atoms with E-state index < -0.39 is 15.6 Å². The molecule has 2 rings (SSSR count). The van der Waals surface area contributed by atoms with Crippen molar-refractivity contribution in [2.24, 2.45) is 12.8 Å². The lowest BCUT2D eigenvalue weighted by Gasteiger charge is -2.28. The van der Waals surface area contributed by atoms with Gasteiger partial charge in [-0.25, -0.2) is 13.1 Å². The Balaban J connectivity index is 2.03. The fourth-order valence-corrected chi connectivity index (χ4v) is 3.81. The molecule has 0 bridgehead atoms. The Hall–Kier alpha value is -0.920. The minimum Gasteiger partial charge on any atom is -0.324 e. The minimum atomic E-state index is -3.53. The summed E-state index contributed by atoms with van der Waals surface area (Å²) in [6, 6.07) is 1.48. The van der Waals surface area contributed by atoms with Crippen molar-refractivity contribution in [1.82, 2.24) is 14.5 Å². The quantitative estimate of drug-likeness (QED) is 0.799. The van der Waals surface area contributed by atoms with Crippen molar-refractivity contribution in [1.29, 1.82) is 0 Å². The van der Waals surface area contributed by atoms with Gasteiger partial charge in [0.05, 0.1) is 6.20 Å². The lowest BCUT2D eigenvalue weighted by atomic mass is 9.92. The molecule has 1 aromatic rings. The van der Waals surface area contributed by atoms with E-state index in [-0.39, 0.29) is 5.03 Å². The van der Waals surface area contributed by atoms with E-state index in [9.17, 15) is 8.42 Å². The summed E-state index contributed by atoms with van der Waals surface area (Å²) < 4.78 is 28.3. The van der Waals surface area contributed by atoms with Gasteiger partial charge in [0.1, 0.15) is 0 Å². The van der Waals surface area contributed by atoms with E-state index in [4.69, 9.17) is 5.73 Å². The SMILES string of the molecule is Cn1nccc1S(=O)(=O)NCC1(N)CCCCCC1. The molecule has 1 heterocycles. The molecule has 0 amide bonds. The van der Waals surface area contributed by atoms with Crippen LogP contribution in [0.3, 0.4) is 0 Å². The van der Waals surface area contributed by atoms with Crippen LogP contribution in [0.1, 0.15) is 38.5 Å². The van der Waals surface area contributed by atoms with Gasteiger partial charge in [0.15, 0.2) is 5.03 Å². The molecule has 0 saturated heterocycles. The Morgan fingerprint density at radius 1 is 1.37 bits per heavy atom. The van der Waals surface area contributed by atoms with Crippen LogP contribution in [0.25, 0.3) is 0 Å². The number of rotatable bonds is 4. The number of sulfonamides is 1. The highest BCUT2D eigenvalue weighted by molar-refractivity contribution is 7.89. The fraction of sp³-hybridized carbons (Fsp3) is 0.750. The van der Waals surface area contributed by atoms with Crippen LogP contribution in [0.5, 0.6) is 0 Å². The van der Waals surface area contributed by atoms with Gasteiger partial charge in [-0.1, -0.05) is 25.7 Å². The third-order valence-corrected chi connectivity index (χ3v) is 5.24. The van der Waals surface area contributed by atoms with Gasteiger partial charge < -0.3 is 5.73 Å². The second-order valence-corrected chi connectivity index (χ2v) is 7.11. The monoisotopic (exact) mass is 286 g/mol. The molecular weight excluding hydrogens is 264 g/mol. The number of nitrogens with two attached hydrogens (primary N) is 1. The van der Waals surface area contributed by atoms with Crippen LogP contribution in [0, 0.1) is 0 Å². The van der Waals surface area contributed by atoms with Crippen molar-refractivity contribution >= 4 is 10.0 Å². The van der Waals surface area contributed by atoms with Crippen LogP contribution < -0.4 is 10.5 Å². The molecule has 0 aliphatic heterocycles. The van der Waals surface area contributed by atoms with E-state index in [0.29, 0.717) is 6.54 Å². The van der Waals surface area contributed by atoms with Crippen molar-refractivity contribution in [3.63, 3.8) is 0 Å². The van der Waals surface area contributed by atoms with Crippen LogP contribution in [0.4, 0.5) is 0 Å². The third kappa shape index (κ3) is 3.55. The molecule has 0 atom stereocenters. The summed E-state index contributed by atoms with van der Waals surface area (Å²) in [7, 11) is -1.92. The molecule has 1 aromatic heterocycles. The fourth-order valence-electron chi connectivity index (χ4n) is 2.55. The van der Waals surface area contributed by atoms with Gasteiger partial charge in [-0.05, 0) is 18.9 Å². The van der Waals surface area contributed by atoms with Gasteiger partial charge in [0.25, 0.3) is 10.0 Å². The summed E-state index contributed by atoms with van der Waals surface area (Å²) >= 11 is 0. The molecular formula is C12H22N4O2S. The molecule has 6 nitrogen and oxygen atoms in total. The van der Waals surface area contributed by atoms with Gasteiger partial charge in [0, 0.05) is 19.1 Å². The Morgan fingerprint density at radius 2 is 2.00 bits per heavy atom. The van der Waals surface area contributed by atoms with Gasteiger partial charge >= 0.3 is 0 Å². The third-order valence-electron chi connectivity index (χ3n) is 3.76. The van der Waals surface area contributed by atoms with Crippen molar-refractivity contribution in [2.75, 3.05) is 6.54 Å². The average Bonchev–Trinajstić information content (AvgIpc) is 2.67. The van der Waals surface area contributed by atoms with Crippen molar-refractivity contribution in [3.05, 3.63) is 12.3 Å². The summed E-state index contributed by atoms with van der Waals surface area (Å²) in [5.41, 5.74) is 5.89. The van der Waals surface area contributed by atoms with Gasteiger partial charge in [-0.15, -0.1) is 0 Å². The molecule has 1 fully saturated rings. The lowest BCUT2D eigenvalue weighted by Crippen LogP contribution is -2.49. The zero-order valence-electron chi connectivity index (χ0n) is 11.3. The molecule has 0 unspecified atom stereocenters. The topological polar surface area (TPSA) is 90.0 Å². The summed E-state index contributed by atoms with van der Waals surface area (Å²) in [6.45, 7) is 0.292.